The van der Waals surface area contributed by atoms with Gasteiger partial charge in [-0.05, 0) is 17.7 Å². The van der Waals surface area contributed by atoms with E-state index in [0.29, 0.717) is 0 Å². The SMILES string of the molecule is c1ccc(CSc2ncnc3c2nc2ccccn23)cc1. The fourth-order valence-corrected chi connectivity index (χ4v) is 3.17. The molecule has 0 atom stereocenters. The fraction of sp³-hybridized carbons (Fsp3) is 0.0625. The second-order valence-corrected chi connectivity index (χ2v) is 5.63. The number of hydrogen-bond donors (Lipinski definition) is 0. The van der Waals surface area contributed by atoms with Crippen molar-refractivity contribution in [2.45, 2.75) is 10.8 Å². The molecule has 4 rings (SSSR count). The Kier molecular flexibility index (Phi) is 3.05. The summed E-state index contributed by atoms with van der Waals surface area (Å²) in [5.41, 5.74) is 3.90. The topological polar surface area (TPSA) is 43.1 Å². The van der Waals surface area contributed by atoms with Gasteiger partial charge in [-0.25, -0.2) is 15.0 Å². The predicted molar refractivity (Wildman–Crippen MR) is 84.3 cm³/mol. The van der Waals surface area contributed by atoms with Crippen LogP contribution in [-0.4, -0.2) is 19.4 Å². The Morgan fingerprint density at radius 2 is 1.81 bits per heavy atom. The summed E-state index contributed by atoms with van der Waals surface area (Å²) in [5.74, 6) is 0.876. The molecule has 21 heavy (non-hydrogen) atoms. The van der Waals surface area contributed by atoms with Crippen LogP contribution in [0.2, 0.25) is 0 Å². The molecule has 0 aliphatic carbocycles. The summed E-state index contributed by atoms with van der Waals surface area (Å²) < 4.78 is 1.99. The van der Waals surface area contributed by atoms with Crippen molar-refractivity contribution in [2.24, 2.45) is 0 Å². The molecular weight excluding hydrogens is 280 g/mol. The fourth-order valence-electron chi connectivity index (χ4n) is 2.28. The lowest BCUT2D eigenvalue weighted by Gasteiger charge is -2.01. The minimum Gasteiger partial charge on any atom is -0.284 e. The van der Waals surface area contributed by atoms with Gasteiger partial charge in [0.25, 0.3) is 0 Å². The van der Waals surface area contributed by atoms with Gasteiger partial charge in [0.05, 0.1) is 0 Å². The van der Waals surface area contributed by atoms with E-state index < -0.39 is 0 Å². The zero-order valence-electron chi connectivity index (χ0n) is 11.2. The van der Waals surface area contributed by atoms with E-state index in [1.54, 1.807) is 18.1 Å². The van der Waals surface area contributed by atoms with Crippen molar-refractivity contribution in [1.29, 1.82) is 0 Å². The smallest absolute Gasteiger partial charge is 0.168 e. The largest absolute Gasteiger partial charge is 0.284 e. The highest BCUT2D eigenvalue weighted by Gasteiger charge is 2.11. The predicted octanol–water partition coefficient (Wildman–Crippen LogP) is 3.57. The van der Waals surface area contributed by atoms with E-state index in [1.807, 2.05) is 34.9 Å². The van der Waals surface area contributed by atoms with Gasteiger partial charge < -0.3 is 0 Å². The maximum atomic E-state index is 4.64. The summed E-state index contributed by atoms with van der Waals surface area (Å²) in [7, 11) is 0. The van der Waals surface area contributed by atoms with Gasteiger partial charge in [-0.2, -0.15) is 0 Å². The molecule has 4 nitrogen and oxygen atoms in total. The van der Waals surface area contributed by atoms with Crippen LogP contribution in [0.4, 0.5) is 0 Å². The van der Waals surface area contributed by atoms with Crippen molar-refractivity contribution in [3.05, 3.63) is 66.6 Å². The number of fused-ring (bicyclic) bond motifs is 3. The summed E-state index contributed by atoms with van der Waals surface area (Å²) in [6.07, 6.45) is 3.58. The quantitative estimate of drug-likeness (QED) is 0.428. The van der Waals surface area contributed by atoms with E-state index in [1.165, 1.54) is 5.56 Å². The highest BCUT2D eigenvalue weighted by Crippen LogP contribution is 2.27. The first-order valence-electron chi connectivity index (χ1n) is 6.66. The molecule has 0 unspecified atom stereocenters. The lowest BCUT2D eigenvalue weighted by Crippen LogP contribution is -1.89. The van der Waals surface area contributed by atoms with Crippen LogP contribution < -0.4 is 0 Å². The van der Waals surface area contributed by atoms with E-state index >= 15 is 0 Å². The normalized spacial score (nSPS) is 11.2. The molecule has 1 aromatic carbocycles. The third-order valence-corrected chi connectivity index (χ3v) is 4.33. The number of nitrogens with zero attached hydrogens (tertiary/aromatic N) is 4. The van der Waals surface area contributed by atoms with Gasteiger partial charge >= 0.3 is 0 Å². The Bertz CT molecular complexity index is 902. The summed E-state index contributed by atoms with van der Waals surface area (Å²) in [5, 5.41) is 0.924. The average molecular weight is 292 g/mol. The summed E-state index contributed by atoms with van der Waals surface area (Å²) in [4.78, 5) is 13.4. The minimum absolute atomic E-state index is 0.858. The van der Waals surface area contributed by atoms with Crippen molar-refractivity contribution >= 4 is 28.6 Å². The van der Waals surface area contributed by atoms with Crippen molar-refractivity contribution in [3.63, 3.8) is 0 Å². The van der Waals surface area contributed by atoms with Crippen LogP contribution in [0, 0.1) is 0 Å². The van der Waals surface area contributed by atoms with Gasteiger partial charge in [0, 0.05) is 11.9 Å². The van der Waals surface area contributed by atoms with Gasteiger partial charge in [0.2, 0.25) is 0 Å². The van der Waals surface area contributed by atoms with Gasteiger partial charge in [0.15, 0.2) is 5.65 Å². The standard InChI is InChI=1S/C16H12N4S/c1-2-6-12(7-3-1)10-21-16-14-15(17-11-18-16)20-9-5-4-8-13(20)19-14/h1-9,11H,10H2. The van der Waals surface area contributed by atoms with Gasteiger partial charge in [-0.1, -0.05) is 48.2 Å². The molecule has 0 saturated heterocycles. The van der Waals surface area contributed by atoms with Crippen molar-refractivity contribution in [2.75, 3.05) is 0 Å². The Balaban J connectivity index is 1.75. The summed E-state index contributed by atoms with van der Waals surface area (Å²) in [6.45, 7) is 0. The zero-order valence-corrected chi connectivity index (χ0v) is 12.0. The maximum absolute atomic E-state index is 4.64. The average Bonchev–Trinajstić information content (AvgIpc) is 2.93. The molecule has 0 N–H and O–H groups in total. The molecule has 0 bridgehead atoms. The zero-order chi connectivity index (χ0) is 14.1. The first-order chi connectivity index (χ1) is 10.4. The van der Waals surface area contributed by atoms with Crippen LogP contribution >= 0.6 is 11.8 Å². The van der Waals surface area contributed by atoms with Gasteiger partial charge in [-0.3, -0.25) is 4.40 Å². The molecule has 0 fully saturated rings. The first kappa shape index (κ1) is 12.3. The molecule has 0 aliphatic heterocycles. The highest BCUT2D eigenvalue weighted by atomic mass is 32.2. The molecular formula is C16H12N4S. The lowest BCUT2D eigenvalue weighted by atomic mass is 10.2. The van der Waals surface area contributed by atoms with Crippen molar-refractivity contribution in [1.82, 2.24) is 19.4 Å². The third kappa shape index (κ3) is 2.25. The van der Waals surface area contributed by atoms with Gasteiger partial charge in [-0.15, -0.1) is 0 Å². The second kappa shape index (κ2) is 5.18. The molecule has 3 aromatic heterocycles. The van der Waals surface area contributed by atoms with E-state index in [0.717, 1.165) is 27.6 Å². The first-order valence-corrected chi connectivity index (χ1v) is 7.65. The van der Waals surface area contributed by atoms with Crippen molar-refractivity contribution < 1.29 is 0 Å². The number of imidazole rings is 1. The van der Waals surface area contributed by atoms with Crippen LogP contribution in [0.3, 0.4) is 0 Å². The summed E-state index contributed by atoms with van der Waals surface area (Å²) >= 11 is 1.69. The maximum Gasteiger partial charge on any atom is 0.168 e. The Morgan fingerprint density at radius 3 is 2.71 bits per heavy atom. The Labute approximate surface area is 125 Å². The van der Waals surface area contributed by atoms with Crippen LogP contribution in [0.1, 0.15) is 5.56 Å². The molecule has 5 heteroatoms. The number of pyridine rings is 1. The molecule has 0 spiro atoms. The molecule has 0 saturated carbocycles. The van der Waals surface area contributed by atoms with Crippen molar-refractivity contribution in [3.8, 4) is 0 Å². The lowest BCUT2D eigenvalue weighted by molar-refractivity contribution is 1.07. The third-order valence-electron chi connectivity index (χ3n) is 3.28. The number of rotatable bonds is 3. The number of hydrogen-bond acceptors (Lipinski definition) is 4. The Hall–Kier alpha value is -2.40. The van der Waals surface area contributed by atoms with Crippen LogP contribution in [0.25, 0.3) is 16.8 Å². The number of benzene rings is 1. The van der Waals surface area contributed by atoms with Crippen LogP contribution in [0.5, 0.6) is 0 Å². The minimum atomic E-state index is 0.858. The molecule has 102 valence electrons. The van der Waals surface area contributed by atoms with Crippen LogP contribution in [0.15, 0.2) is 66.1 Å². The number of aromatic nitrogens is 4. The highest BCUT2D eigenvalue weighted by molar-refractivity contribution is 7.98. The van der Waals surface area contributed by atoms with Crippen LogP contribution in [-0.2, 0) is 5.75 Å². The second-order valence-electron chi connectivity index (χ2n) is 4.67. The molecule has 3 heterocycles. The van der Waals surface area contributed by atoms with E-state index in [4.69, 9.17) is 0 Å². The Morgan fingerprint density at radius 1 is 0.952 bits per heavy atom. The van der Waals surface area contributed by atoms with E-state index in [2.05, 4.69) is 39.2 Å². The van der Waals surface area contributed by atoms with E-state index in [-0.39, 0.29) is 0 Å². The molecule has 0 amide bonds. The van der Waals surface area contributed by atoms with E-state index in [9.17, 15) is 0 Å². The van der Waals surface area contributed by atoms with Gasteiger partial charge in [0.1, 0.15) is 22.5 Å². The summed E-state index contributed by atoms with van der Waals surface area (Å²) in [6, 6.07) is 16.3. The molecule has 0 aliphatic rings. The monoisotopic (exact) mass is 292 g/mol. The molecule has 0 radical (unpaired) electrons. The number of thioether (sulfide) groups is 1. The molecule has 4 aromatic rings.